The molecule has 408 valence electrons. The van der Waals surface area contributed by atoms with Gasteiger partial charge in [-0.25, -0.2) is 0 Å². The summed E-state index contributed by atoms with van der Waals surface area (Å²) in [7, 11) is 0. The number of rotatable bonds is 49. The molecule has 0 aromatic heterocycles. The number of nitrogens with one attached hydrogen (secondary N) is 1. The Morgan fingerprint density at radius 3 is 1.50 bits per heavy atom. The molecule has 11 heteroatoms. The number of allylic oxidation sites excluding steroid dienone is 7. The van der Waals surface area contributed by atoms with E-state index in [1.54, 1.807) is 6.08 Å². The van der Waals surface area contributed by atoms with Gasteiger partial charge in [0.15, 0.2) is 6.29 Å². The Morgan fingerprint density at radius 2 is 0.986 bits per heavy atom. The first-order chi connectivity index (χ1) is 34.2. The Bertz CT molecular complexity index is 1300. The number of esters is 1. The Labute approximate surface area is 427 Å². The van der Waals surface area contributed by atoms with Crippen LogP contribution in [0.25, 0.3) is 0 Å². The molecule has 11 nitrogen and oxygen atoms in total. The quantitative estimate of drug-likeness (QED) is 0.0196. The van der Waals surface area contributed by atoms with Gasteiger partial charge in [0.1, 0.15) is 24.4 Å². The van der Waals surface area contributed by atoms with Crippen LogP contribution in [0.3, 0.4) is 0 Å². The summed E-state index contributed by atoms with van der Waals surface area (Å²) in [6.07, 6.45) is 50.9. The summed E-state index contributed by atoms with van der Waals surface area (Å²) >= 11 is 0. The van der Waals surface area contributed by atoms with Crippen LogP contribution in [0.15, 0.2) is 48.6 Å². The topological polar surface area (TPSA) is 175 Å². The second-order valence-corrected chi connectivity index (χ2v) is 20.0. The van der Waals surface area contributed by atoms with Gasteiger partial charge < -0.3 is 45.1 Å². The number of aliphatic hydroxyl groups excluding tert-OH is 5. The monoisotopic (exact) mass is 990 g/mol. The number of hydrogen-bond donors (Lipinski definition) is 6. The maximum Gasteiger partial charge on any atom is 0.305 e. The van der Waals surface area contributed by atoms with Crippen LogP contribution in [0.5, 0.6) is 0 Å². The average molecular weight is 991 g/mol. The summed E-state index contributed by atoms with van der Waals surface area (Å²) in [6, 6.07) is -0.843. The molecule has 1 aliphatic rings. The zero-order valence-corrected chi connectivity index (χ0v) is 44.7. The Morgan fingerprint density at radius 1 is 0.543 bits per heavy atom. The molecule has 0 radical (unpaired) electrons. The predicted molar refractivity (Wildman–Crippen MR) is 287 cm³/mol. The normalized spacial score (nSPS) is 19.6. The fourth-order valence-electron chi connectivity index (χ4n) is 8.88. The van der Waals surface area contributed by atoms with Crippen LogP contribution >= 0.6 is 0 Å². The van der Waals surface area contributed by atoms with Gasteiger partial charge in [0.25, 0.3) is 0 Å². The van der Waals surface area contributed by atoms with Gasteiger partial charge in [-0.3, -0.25) is 9.59 Å². The van der Waals surface area contributed by atoms with Crippen LogP contribution in [0.2, 0.25) is 0 Å². The number of amides is 1. The van der Waals surface area contributed by atoms with Crippen molar-refractivity contribution >= 4 is 11.9 Å². The maximum absolute atomic E-state index is 13.0. The first-order valence-electron chi connectivity index (χ1n) is 28.9. The van der Waals surface area contributed by atoms with Crippen LogP contribution in [-0.2, 0) is 23.8 Å². The Balaban J connectivity index is 2.05. The molecule has 0 saturated carbocycles. The molecule has 7 atom stereocenters. The summed E-state index contributed by atoms with van der Waals surface area (Å²) in [5.74, 6) is -0.226. The van der Waals surface area contributed by atoms with Crippen molar-refractivity contribution in [2.45, 2.75) is 294 Å². The lowest BCUT2D eigenvalue weighted by Crippen LogP contribution is -2.60. The highest BCUT2D eigenvalue weighted by Gasteiger charge is 2.44. The fourth-order valence-corrected chi connectivity index (χ4v) is 8.88. The summed E-state index contributed by atoms with van der Waals surface area (Å²) < 4.78 is 16.6. The second-order valence-electron chi connectivity index (χ2n) is 20.0. The number of aliphatic hydroxyl groups is 5. The standard InChI is InChI=1S/C59H107NO10/c1-3-5-7-9-11-13-14-15-20-24-27-31-35-39-43-47-55(64)68-48-44-40-36-32-28-25-22-19-17-16-18-21-23-26-30-34-38-42-46-54(63)60-51(52(62)45-41-37-33-29-12-10-8-6-4-2)50-69-59-58(67)57(66)56(65)53(49-61)70-59/h4,6,12,18,21,29,41,45,51-53,56-59,61-62,65-67H,3,5,7-11,13-17,19-20,22-28,30-40,42-44,46-50H2,1-2H3,(H,60,63)/b6-4+,21-18-,29-12+,45-41+. The smallest absolute Gasteiger partial charge is 0.305 e. The lowest BCUT2D eigenvalue weighted by molar-refractivity contribution is -0.302. The first kappa shape index (κ1) is 65.6. The fraction of sp³-hybridized carbons (Fsp3) is 0.831. The highest BCUT2D eigenvalue weighted by atomic mass is 16.7. The highest BCUT2D eigenvalue weighted by Crippen LogP contribution is 2.23. The number of hydrogen-bond acceptors (Lipinski definition) is 10. The second kappa shape index (κ2) is 48.9. The largest absolute Gasteiger partial charge is 0.466 e. The minimum atomic E-state index is -1.58. The van der Waals surface area contributed by atoms with Crippen LogP contribution in [0, 0.1) is 0 Å². The van der Waals surface area contributed by atoms with Gasteiger partial charge in [-0.2, -0.15) is 0 Å². The molecule has 1 rings (SSSR count). The van der Waals surface area contributed by atoms with Crippen molar-refractivity contribution < 1.29 is 49.3 Å². The molecule has 0 bridgehead atoms. The molecule has 1 saturated heterocycles. The summed E-state index contributed by atoms with van der Waals surface area (Å²) in [5.41, 5.74) is 0. The molecule has 1 fully saturated rings. The van der Waals surface area contributed by atoms with E-state index >= 15 is 0 Å². The van der Waals surface area contributed by atoms with Crippen LogP contribution in [0.1, 0.15) is 251 Å². The highest BCUT2D eigenvalue weighted by molar-refractivity contribution is 5.76. The molecular weight excluding hydrogens is 883 g/mol. The average Bonchev–Trinajstić information content (AvgIpc) is 3.36. The summed E-state index contributed by atoms with van der Waals surface area (Å²) in [5, 5.41) is 54.1. The number of carbonyl (C=O) groups is 2. The number of ether oxygens (including phenoxy) is 3. The van der Waals surface area contributed by atoms with Gasteiger partial charge in [0.05, 0.1) is 32.0 Å². The zero-order chi connectivity index (χ0) is 51.0. The van der Waals surface area contributed by atoms with Crippen molar-refractivity contribution in [1.29, 1.82) is 0 Å². The van der Waals surface area contributed by atoms with E-state index in [1.165, 1.54) is 128 Å². The molecule has 7 unspecified atom stereocenters. The third kappa shape index (κ3) is 38.3. The molecular formula is C59H107NO10. The van der Waals surface area contributed by atoms with Gasteiger partial charge in [0, 0.05) is 12.8 Å². The molecule has 1 aliphatic heterocycles. The maximum atomic E-state index is 13.0. The molecule has 70 heavy (non-hydrogen) atoms. The van der Waals surface area contributed by atoms with E-state index in [9.17, 15) is 35.1 Å². The molecule has 6 N–H and O–H groups in total. The van der Waals surface area contributed by atoms with E-state index in [1.807, 2.05) is 19.1 Å². The van der Waals surface area contributed by atoms with E-state index in [-0.39, 0.29) is 18.5 Å². The van der Waals surface area contributed by atoms with E-state index in [0.29, 0.717) is 25.9 Å². The van der Waals surface area contributed by atoms with Crippen LogP contribution in [-0.4, -0.2) is 100 Å². The van der Waals surface area contributed by atoms with Crippen molar-refractivity contribution in [2.24, 2.45) is 0 Å². The molecule has 1 amide bonds. The third-order valence-electron chi connectivity index (χ3n) is 13.5. The van der Waals surface area contributed by atoms with Crippen molar-refractivity contribution in [1.82, 2.24) is 5.32 Å². The molecule has 0 aromatic rings. The minimum Gasteiger partial charge on any atom is -0.466 e. The molecule has 0 spiro atoms. The number of unbranched alkanes of at least 4 members (excludes halogenated alkanes) is 30. The van der Waals surface area contributed by atoms with Gasteiger partial charge >= 0.3 is 5.97 Å². The van der Waals surface area contributed by atoms with Crippen molar-refractivity contribution in [2.75, 3.05) is 19.8 Å². The van der Waals surface area contributed by atoms with E-state index in [4.69, 9.17) is 14.2 Å². The Hall–Kier alpha value is -2.38. The van der Waals surface area contributed by atoms with Crippen molar-refractivity contribution in [3.8, 4) is 0 Å². The van der Waals surface area contributed by atoms with Gasteiger partial charge in [-0.1, -0.05) is 210 Å². The first-order valence-corrected chi connectivity index (χ1v) is 28.9. The SMILES string of the molecule is C/C=C/CC/C=C/CC/C=C/C(O)C(COC1OC(CO)C(O)C(O)C1O)NC(=O)CCCCCCC/C=C\CCCCCCCCCCCOC(=O)CCCCCCCCCCCCCCCCC. The molecule has 1 heterocycles. The van der Waals surface area contributed by atoms with Gasteiger partial charge in [-0.05, 0) is 77.6 Å². The Kier molecular flexibility index (Phi) is 45.8. The van der Waals surface area contributed by atoms with E-state index in [2.05, 4.69) is 42.6 Å². The van der Waals surface area contributed by atoms with Gasteiger partial charge in [-0.15, -0.1) is 0 Å². The predicted octanol–water partition coefficient (Wildman–Crippen LogP) is 12.9. The third-order valence-corrected chi connectivity index (χ3v) is 13.5. The lowest BCUT2D eigenvalue weighted by Gasteiger charge is -2.40. The van der Waals surface area contributed by atoms with E-state index in [0.717, 1.165) is 89.9 Å². The molecule has 0 aliphatic carbocycles. The molecule has 0 aromatic carbocycles. The van der Waals surface area contributed by atoms with Gasteiger partial charge in [0.2, 0.25) is 5.91 Å². The van der Waals surface area contributed by atoms with Crippen molar-refractivity contribution in [3.63, 3.8) is 0 Å². The van der Waals surface area contributed by atoms with Crippen molar-refractivity contribution in [3.05, 3.63) is 48.6 Å². The summed E-state index contributed by atoms with van der Waals surface area (Å²) in [6.45, 7) is 4.06. The van der Waals surface area contributed by atoms with E-state index < -0.39 is 49.5 Å². The minimum absolute atomic E-state index is 0.0118. The zero-order valence-electron chi connectivity index (χ0n) is 44.7. The summed E-state index contributed by atoms with van der Waals surface area (Å²) in [4.78, 5) is 25.0. The van der Waals surface area contributed by atoms with Crippen LogP contribution < -0.4 is 5.32 Å². The lowest BCUT2D eigenvalue weighted by atomic mass is 9.99. The number of carbonyl (C=O) groups excluding carboxylic acids is 2. The van der Waals surface area contributed by atoms with Crippen LogP contribution in [0.4, 0.5) is 0 Å².